The molecule has 0 atom stereocenters. The van der Waals surface area contributed by atoms with Crippen molar-refractivity contribution in [1.29, 1.82) is 0 Å². The third-order valence-electron chi connectivity index (χ3n) is 2.42. The first-order valence-corrected chi connectivity index (χ1v) is 7.98. The topological polar surface area (TPSA) is 72.2 Å². The van der Waals surface area contributed by atoms with E-state index < -0.39 is 15.8 Å². The summed E-state index contributed by atoms with van der Waals surface area (Å²) in [6.45, 7) is 0. The zero-order chi connectivity index (χ0) is 14.9. The van der Waals surface area contributed by atoms with Crippen molar-refractivity contribution in [3.05, 3.63) is 51.7 Å². The number of hydrogen-bond acceptors (Lipinski definition) is 3. The molecule has 0 radical (unpaired) electrons. The fourth-order valence-electron chi connectivity index (χ4n) is 1.50. The van der Waals surface area contributed by atoms with E-state index in [1.165, 1.54) is 24.3 Å². The second-order valence-corrected chi connectivity index (χ2v) is 6.86. The van der Waals surface area contributed by atoms with Gasteiger partial charge in [-0.15, -0.1) is 0 Å². The molecular formula is C12H9BrClFN2O2S. The highest BCUT2D eigenvalue weighted by atomic mass is 79.9. The van der Waals surface area contributed by atoms with E-state index >= 15 is 0 Å². The maximum atomic E-state index is 13.6. The molecule has 2 aromatic rings. The number of benzene rings is 2. The molecule has 0 aliphatic carbocycles. The van der Waals surface area contributed by atoms with E-state index in [9.17, 15) is 12.8 Å². The van der Waals surface area contributed by atoms with E-state index in [0.717, 1.165) is 6.07 Å². The summed E-state index contributed by atoms with van der Waals surface area (Å²) in [5.74, 6) is -0.724. The second kappa shape index (κ2) is 5.59. The first kappa shape index (κ1) is 15.1. The Bertz CT molecular complexity index is 768. The largest absolute Gasteiger partial charge is 0.399 e. The molecule has 106 valence electrons. The number of anilines is 2. The van der Waals surface area contributed by atoms with Crippen LogP contribution in [0.3, 0.4) is 0 Å². The molecule has 0 spiro atoms. The highest BCUT2D eigenvalue weighted by Gasteiger charge is 2.19. The van der Waals surface area contributed by atoms with Crippen molar-refractivity contribution in [2.45, 2.75) is 4.90 Å². The lowest BCUT2D eigenvalue weighted by atomic mass is 10.3. The van der Waals surface area contributed by atoms with Crippen LogP contribution in [0.15, 0.2) is 45.8 Å². The van der Waals surface area contributed by atoms with Gasteiger partial charge in [-0.3, -0.25) is 4.72 Å². The van der Waals surface area contributed by atoms with Crippen LogP contribution < -0.4 is 10.5 Å². The molecule has 3 N–H and O–H groups in total. The fourth-order valence-corrected chi connectivity index (χ4v) is 3.73. The van der Waals surface area contributed by atoms with Gasteiger partial charge < -0.3 is 5.73 Å². The van der Waals surface area contributed by atoms with Gasteiger partial charge in [0, 0.05) is 15.2 Å². The van der Waals surface area contributed by atoms with Crippen molar-refractivity contribution in [3.63, 3.8) is 0 Å². The number of nitrogens with one attached hydrogen (secondary N) is 1. The highest BCUT2D eigenvalue weighted by molar-refractivity contribution is 9.10. The van der Waals surface area contributed by atoms with Crippen molar-refractivity contribution in [2.24, 2.45) is 0 Å². The smallest absolute Gasteiger partial charge is 0.263 e. The van der Waals surface area contributed by atoms with E-state index in [-0.39, 0.29) is 21.3 Å². The zero-order valence-corrected chi connectivity index (χ0v) is 13.1. The molecule has 0 amide bonds. The van der Waals surface area contributed by atoms with Crippen LogP contribution >= 0.6 is 27.5 Å². The van der Waals surface area contributed by atoms with Crippen molar-refractivity contribution in [3.8, 4) is 0 Å². The van der Waals surface area contributed by atoms with Crippen LogP contribution in [-0.4, -0.2) is 8.42 Å². The summed E-state index contributed by atoms with van der Waals surface area (Å²) < 4.78 is 40.5. The molecule has 0 unspecified atom stereocenters. The average molecular weight is 380 g/mol. The number of hydrogen-bond donors (Lipinski definition) is 2. The lowest BCUT2D eigenvalue weighted by Crippen LogP contribution is -2.15. The summed E-state index contributed by atoms with van der Waals surface area (Å²) in [7, 11) is -3.98. The zero-order valence-electron chi connectivity index (χ0n) is 9.90. The van der Waals surface area contributed by atoms with Gasteiger partial charge in [-0.2, -0.15) is 0 Å². The van der Waals surface area contributed by atoms with Crippen molar-refractivity contribution >= 4 is 48.9 Å². The minimum atomic E-state index is -3.98. The van der Waals surface area contributed by atoms with E-state index in [1.807, 2.05) is 0 Å². The maximum absolute atomic E-state index is 13.6. The van der Waals surface area contributed by atoms with Gasteiger partial charge in [-0.05, 0) is 52.3 Å². The number of sulfonamides is 1. The molecule has 20 heavy (non-hydrogen) atoms. The minimum Gasteiger partial charge on any atom is -0.399 e. The summed E-state index contributed by atoms with van der Waals surface area (Å²) in [5, 5.41) is 0.218. The monoisotopic (exact) mass is 378 g/mol. The first-order chi connectivity index (χ1) is 9.29. The highest BCUT2D eigenvalue weighted by Crippen LogP contribution is 2.28. The summed E-state index contributed by atoms with van der Waals surface area (Å²) >= 11 is 8.84. The van der Waals surface area contributed by atoms with Gasteiger partial charge in [0.05, 0.1) is 5.69 Å². The van der Waals surface area contributed by atoms with Gasteiger partial charge in [0.1, 0.15) is 10.7 Å². The molecule has 0 saturated carbocycles. The molecule has 0 aromatic heterocycles. The lowest BCUT2D eigenvalue weighted by molar-refractivity contribution is 0.598. The van der Waals surface area contributed by atoms with Crippen molar-refractivity contribution in [2.75, 3.05) is 10.5 Å². The van der Waals surface area contributed by atoms with Gasteiger partial charge in [0.25, 0.3) is 10.0 Å². The Labute approximate surface area is 128 Å². The Hall–Kier alpha value is -1.31. The Morgan fingerprint density at radius 2 is 1.90 bits per heavy atom. The van der Waals surface area contributed by atoms with E-state index in [0.29, 0.717) is 4.47 Å². The van der Waals surface area contributed by atoms with Crippen LogP contribution in [0, 0.1) is 5.82 Å². The Morgan fingerprint density at radius 3 is 2.60 bits per heavy atom. The number of halogens is 3. The SMILES string of the molecule is Nc1ccc(Br)c(S(=O)(=O)Nc2cc(Cl)ccc2F)c1. The molecule has 0 bridgehead atoms. The summed E-state index contributed by atoms with van der Waals surface area (Å²) in [6.07, 6.45) is 0. The molecule has 4 nitrogen and oxygen atoms in total. The summed E-state index contributed by atoms with van der Waals surface area (Å²) in [4.78, 5) is -0.0862. The van der Waals surface area contributed by atoms with E-state index in [4.69, 9.17) is 17.3 Å². The Balaban J connectivity index is 2.46. The molecule has 8 heteroatoms. The molecule has 2 rings (SSSR count). The standard InChI is InChI=1S/C12H9BrClFN2O2S/c13-9-3-2-8(16)6-12(9)20(18,19)17-11-5-7(14)1-4-10(11)15/h1-6,17H,16H2. The molecule has 2 aromatic carbocycles. The van der Waals surface area contributed by atoms with Gasteiger partial charge in [-0.25, -0.2) is 12.8 Å². The third-order valence-corrected chi connectivity index (χ3v) is 5.01. The first-order valence-electron chi connectivity index (χ1n) is 5.32. The molecule has 0 aliphatic heterocycles. The lowest BCUT2D eigenvalue weighted by Gasteiger charge is -2.11. The molecule has 0 fully saturated rings. The Morgan fingerprint density at radius 1 is 1.20 bits per heavy atom. The molecule has 0 aliphatic rings. The van der Waals surface area contributed by atoms with Gasteiger partial charge >= 0.3 is 0 Å². The van der Waals surface area contributed by atoms with Crippen LogP contribution in [0.2, 0.25) is 5.02 Å². The average Bonchev–Trinajstić information content (AvgIpc) is 2.36. The Kier molecular flexibility index (Phi) is 4.22. The van der Waals surface area contributed by atoms with Crippen LogP contribution in [0.4, 0.5) is 15.8 Å². The van der Waals surface area contributed by atoms with Gasteiger partial charge in [0.15, 0.2) is 0 Å². The molecular weight excluding hydrogens is 371 g/mol. The van der Waals surface area contributed by atoms with Crippen molar-refractivity contribution in [1.82, 2.24) is 0 Å². The maximum Gasteiger partial charge on any atom is 0.263 e. The quantitative estimate of drug-likeness (QED) is 0.800. The number of rotatable bonds is 3. The van der Waals surface area contributed by atoms with Crippen LogP contribution in [-0.2, 0) is 10.0 Å². The number of nitrogen functional groups attached to an aromatic ring is 1. The third kappa shape index (κ3) is 3.23. The predicted octanol–water partition coefficient (Wildman–Crippen LogP) is 3.62. The molecule has 0 saturated heterocycles. The van der Waals surface area contributed by atoms with Gasteiger partial charge in [-0.1, -0.05) is 11.6 Å². The van der Waals surface area contributed by atoms with E-state index in [2.05, 4.69) is 20.7 Å². The van der Waals surface area contributed by atoms with Gasteiger partial charge in [0.2, 0.25) is 0 Å². The predicted molar refractivity (Wildman–Crippen MR) is 80.8 cm³/mol. The summed E-state index contributed by atoms with van der Waals surface area (Å²) in [5.41, 5.74) is 5.61. The summed E-state index contributed by atoms with van der Waals surface area (Å²) in [6, 6.07) is 7.91. The second-order valence-electron chi connectivity index (χ2n) is 3.92. The van der Waals surface area contributed by atoms with Crippen LogP contribution in [0.25, 0.3) is 0 Å². The van der Waals surface area contributed by atoms with Crippen LogP contribution in [0.1, 0.15) is 0 Å². The normalized spacial score (nSPS) is 11.3. The number of nitrogens with two attached hydrogens (primary N) is 1. The fraction of sp³-hybridized carbons (Fsp3) is 0. The van der Waals surface area contributed by atoms with E-state index in [1.54, 1.807) is 6.07 Å². The van der Waals surface area contributed by atoms with Crippen LogP contribution in [0.5, 0.6) is 0 Å². The molecule has 0 heterocycles. The van der Waals surface area contributed by atoms with Crippen molar-refractivity contribution < 1.29 is 12.8 Å². The minimum absolute atomic E-state index is 0.0862.